The molecule has 0 radical (unpaired) electrons. The lowest BCUT2D eigenvalue weighted by molar-refractivity contribution is 0.0951. The van der Waals surface area contributed by atoms with Crippen molar-refractivity contribution in [3.8, 4) is 0 Å². The number of halogens is 1. The van der Waals surface area contributed by atoms with Crippen LogP contribution in [0.3, 0.4) is 0 Å². The summed E-state index contributed by atoms with van der Waals surface area (Å²) < 4.78 is 42.0. The number of rotatable bonds is 8. The zero-order chi connectivity index (χ0) is 25.7. The van der Waals surface area contributed by atoms with E-state index in [1.54, 1.807) is 28.6 Å². The van der Waals surface area contributed by atoms with E-state index in [0.29, 0.717) is 30.1 Å². The lowest BCUT2D eigenvalue weighted by Crippen LogP contribution is -2.42. The fourth-order valence-corrected chi connectivity index (χ4v) is 7.71. The molecule has 5 nitrogen and oxygen atoms in total. The van der Waals surface area contributed by atoms with Crippen molar-refractivity contribution >= 4 is 27.7 Å². The van der Waals surface area contributed by atoms with Crippen molar-refractivity contribution in [3.63, 3.8) is 0 Å². The zero-order valence-corrected chi connectivity index (χ0v) is 22.6. The van der Waals surface area contributed by atoms with Crippen molar-refractivity contribution in [3.05, 3.63) is 65.5 Å². The third-order valence-electron chi connectivity index (χ3n) is 6.83. The van der Waals surface area contributed by atoms with Crippen LogP contribution in [0.2, 0.25) is 0 Å². The molecule has 0 aromatic heterocycles. The first kappa shape index (κ1) is 26.9. The van der Waals surface area contributed by atoms with Crippen LogP contribution in [-0.4, -0.2) is 38.3 Å². The second-order valence-electron chi connectivity index (χ2n) is 10.1. The number of sulfonamides is 1. The Morgan fingerprint density at radius 2 is 1.81 bits per heavy atom. The maximum Gasteiger partial charge on any atom is 0.252 e. The molecule has 0 spiro atoms. The third-order valence-corrected chi connectivity index (χ3v) is 9.74. The predicted molar refractivity (Wildman–Crippen MR) is 142 cm³/mol. The van der Waals surface area contributed by atoms with Crippen molar-refractivity contribution in [2.24, 2.45) is 11.8 Å². The van der Waals surface area contributed by atoms with E-state index in [4.69, 9.17) is 0 Å². The van der Waals surface area contributed by atoms with Gasteiger partial charge >= 0.3 is 0 Å². The summed E-state index contributed by atoms with van der Waals surface area (Å²) in [6.45, 7) is 5.61. The maximum atomic E-state index is 13.5. The van der Waals surface area contributed by atoms with Gasteiger partial charge in [-0.25, -0.2) is 12.8 Å². The molecule has 1 amide bonds. The Labute approximate surface area is 218 Å². The monoisotopic (exact) mass is 530 g/mol. The number of carbonyl (C=O) groups is 1. The Balaban J connectivity index is 1.59. The van der Waals surface area contributed by atoms with Crippen molar-refractivity contribution in [1.82, 2.24) is 9.62 Å². The summed E-state index contributed by atoms with van der Waals surface area (Å²) in [4.78, 5) is 14.8. The summed E-state index contributed by atoms with van der Waals surface area (Å²) in [5.41, 5.74) is 1.69. The lowest BCUT2D eigenvalue weighted by Gasteiger charge is -2.34. The summed E-state index contributed by atoms with van der Waals surface area (Å²) in [7, 11) is -3.73. The molecule has 1 aliphatic carbocycles. The van der Waals surface area contributed by atoms with Gasteiger partial charge in [-0.05, 0) is 92.8 Å². The minimum Gasteiger partial charge on any atom is -0.352 e. The highest BCUT2D eigenvalue weighted by Crippen LogP contribution is 2.34. The number of benzene rings is 2. The van der Waals surface area contributed by atoms with Gasteiger partial charge in [-0.1, -0.05) is 37.3 Å². The smallest absolute Gasteiger partial charge is 0.252 e. The van der Waals surface area contributed by atoms with E-state index in [-0.39, 0.29) is 28.5 Å². The van der Waals surface area contributed by atoms with E-state index >= 15 is 0 Å². The van der Waals surface area contributed by atoms with E-state index in [1.807, 2.05) is 0 Å². The highest BCUT2D eigenvalue weighted by Gasteiger charge is 2.32. The van der Waals surface area contributed by atoms with Gasteiger partial charge in [-0.15, -0.1) is 0 Å². The van der Waals surface area contributed by atoms with Gasteiger partial charge in [0.2, 0.25) is 10.0 Å². The molecule has 1 heterocycles. The fraction of sp³-hybridized carbons (Fsp3) is 0.464. The van der Waals surface area contributed by atoms with Crippen LogP contribution in [-0.2, 0) is 10.0 Å². The second kappa shape index (κ2) is 11.9. The normalized spacial score (nSPS) is 21.1. The van der Waals surface area contributed by atoms with Crippen molar-refractivity contribution < 1.29 is 17.6 Å². The molecule has 2 aromatic carbocycles. The van der Waals surface area contributed by atoms with Gasteiger partial charge in [0.25, 0.3) is 5.91 Å². The molecule has 1 N–H and O–H groups in total. The van der Waals surface area contributed by atoms with Crippen LogP contribution < -0.4 is 5.32 Å². The number of hydrogen-bond donors (Lipinski definition) is 1. The molecule has 0 bridgehead atoms. The lowest BCUT2D eigenvalue weighted by atomic mass is 9.94. The number of nitrogens with one attached hydrogen (secondary N) is 1. The molecule has 1 fully saturated rings. The topological polar surface area (TPSA) is 66.5 Å². The first-order valence-electron chi connectivity index (χ1n) is 12.8. The molecule has 0 unspecified atom stereocenters. The van der Waals surface area contributed by atoms with Gasteiger partial charge < -0.3 is 5.32 Å². The summed E-state index contributed by atoms with van der Waals surface area (Å²) in [5, 5.41) is 2.99. The van der Waals surface area contributed by atoms with Crippen molar-refractivity contribution in [2.75, 3.05) is 19.6 Å². The molecule has 2 atom stereocenters. The molecule has 0 saturated carbocycles. The molecular formula is C28H35FN2O3S2. The van der Waals surface area contributed by atoms with Gasteiger partial charge in [0.15, 0.2) is 0 Å². The summed E-state index contributed by atoms with van der Waals surface area (Å²) in [5.74, 6) is -0.0587. The highest BCUT2D eigenvalue weighted by atomic mass is 32.2. The molecular weight excluding hydrogens is 495 g/mol. The molecule has 36 heavy (non-hydrogen) atoms. The van der Waals surface area contributed by atoms with Gasteiger partial charge in [0.05, 0.1) is 10.5 Å². The van der Waals surface area contributed by atoms with Crippen LogP contribution >= 0.6 is 11.8 Å². The zero-order valence-electron chi connectivity index (χ0n) is 21.0. The van der Waals surface area contributed by atoms with Crippen LogP contribution in [0.25, 0.3) is 0 Å². The average Bonchev–Trinajstić information content (AvgIpc) is 2.85. The molecule has 194 valence electrons. The Hall–Kier alpha value is -2.16. The van der Waals surface area contributed by atoms with Gasteiger partial charge in [0, 0.05) is 29.4 Å². The number of nitrogens with zero attached hydrogens (tertiary/aromatic N) is 1. The predicted octanol–water partition coefficient (Wildman–Crippen LogP) is 6.26. The third kappa shape index (κ3) is 6.78. The molecule has 1 saturated heterocycles. The van der Waals surface area contributed by atoms with E-state index < -0.39 is 10.0 Å². The molecule has 4 rings (SSSR count). The number of hydrogen-bond acceptors (Lipinski definition) is 4. The fourth-order valence-electron chi connectivity index (χ4n) is 5.08. The summed E-state index contributed by atoms with van der Waals surface area (Å²) in [6, 6.07) is 10.8. The minimum absolute atomic E-state index is 0.132. The van der Waals surface area contributed by atoms with Crippen LogP contribution in [0.4, 0.5) is 4.39 Å². The average molecular weight is 531 g/mol. The highest BCUT2D eigenvalue weighted by molar-refractivity contribution is 7.99. The number of amides is 1. The Bertz CT molecular complexity index is 1200. The maximum absolute atomic E-state index is 13.5. The quantitative estimate of drug-likeness (QED) is 0.409. The first-order valence-corrected chi connectivity index (χ1v) is 15.0. The Morgan fingerprint density at radius 3 is 2.47 bits per heavy atom. The van der Waals surface area contributed by atoms with Gasteiger partial charge in [-0.2, -0.15) is 4.31 Å². The van der Waals surface area contributed by atoms with E-state index in [2.05, 4.69) is 25.2 Å². The van der Waals surface area contributed by atoms with Crippen LogP contribution in [0.15, 0.2) is 68.8 Å². The largest absolute Gasteiger partial charge is 0.352 e. The van der Waals surface area contributed by atoms with Gasteiger partial charge in [-0.3, -0.25) is 4.79 Å². The van der Waals surface area contributed by atoms with Crippen LogP contribution in [0.5, 0.6) is 0 Å². The van der Waals surface area contributed by atoms with E-state index in [0.717, 1.165) is 30.6 Å². The van der Waals surface area contributed by atoms with E-state index in [1.165, 1.54) is 48.4 Å². The van der Waals surface area contributed by atoms with Crippen molar-refractivity contribution in [2.45, 2.75) is 67.1 Å². The molecule has 2 aromatic rings. The summed E-state index contributed by atoms with van der Waals surface area (Å²) in [6.07, 6.45) is 8.63. The van der Waals surface area contributed by atoms with Gasteiger partial charge in [0.1, 0.15) is 5.82 Å². The van der Waals surface area contributed by atoms with Crippen LogP contribution in [0, 0.1) is 17.7 Å². The summed E-state index contributed by atoms with van der Waals surface area (Å²) >= 11 is 1.32. The minimum atomic E-state index is -3.73. The molecule has 2 aliphatic rings. The second-order valence-corrected chi connectivity index (χ2v) is 13.1. The number of carbonyl (C=O) groups excluding carboxylic acids is 1. The van der Waals surface area contributed by atoms with E-state index in [9.17, 15) is 17.6 Å². The first-order chi connectivity index (χ1) is 17.2. The number of piperidine rings is 1. The van der Waals surface area contributed by atoms with Crippen molar-refractivity contribution in [1.29, 1.82) is 0 Å². The Kier molecular flexibility index (Phi) is 8.91. The standard InChI is InChI=1S/C28H35FN2O3S2/c1-20-16-21(2)19-31(18-20)36(33,34)25-12-13-27(35-24-10-8-23(29)9-11-24)26(17-25)28(32)30-15-14-22-6-4-3-5-7-22/h6,8-13,17,20-21H,3-5,7,14-16,18-19H2,1-2H3,(H,30,32)/t20-,21-/m0/s1. The molecule has 1 aliphatic heterocycles. The Morgan fingerprint density at radius 1 is 1.08 bits per heavy atom. The molecule has 8 heteroatoms. The van der Waals surface area contributed by atoms with Crippen LogP contribution in [0.1, 0.15) is 62.7 Å². The number of allylic oxidation sites excluding steroid dienone is 1. The SMILES string of the molecule is C[C@H]1C[C@H](C)CN(S(=O)(=O)c2ccc(Sc3ccc(F)cc3)c(C(=O)NCCC3=CCCCC3)c2)C1.